The van der Waals surface area contributed by atoms with Crippen LogP contribution in [0.15, 0.2) is 18.2 Å². The maximum Gasteiger partial charge on any atom is 0.132 e. The van der Waals surface area contributed by atoms with Gasteiger partial charge in [0.1, 0.15) is 17.7 Å². The summed E-state index contributed by atoms with van der Waals surface area (Å²) >= 11 is 0. The Kier molecular flexibility index (Phi) is 4.77. The van der Waals surface area contributed by atoms with Crippen molar-refractivity contribution in [3.05, 3.63) is 29.6 Å². The first-order chi connectivity index (χ1) is 9.08. The van der Waals surface area contributed by atoms with E-state index in [9.17, 15) is 14.6 Å². The molecule has 3 nitrogen and oxygen atoms in total. The van der Waals surface area contributed by atoms with Gasteiger partial charge in [-0.15, -0.1) is 0 Å². The zero-order valence-corrected chi connectivity index (χ0v) is 11.2. The standard InChI is InChI=1S/C15H21FO3/c1-10(17)12-8-7-11(9-13(12)16)19-15-6-4-2-3-5-14(15)18/h7-10,14-15,17-18H,2-6H2,1H3/t10-,14?,15?/m0/s1. The Morgan fingerprint density at radius 2 is 2.00 bits per heavy atom. The van der Waals surface area contributed by atoms with Crippen LogP contribution in [0.4, 0.5) is 4.39 Å². The van der Waals surface area contributed by atoms with Gasteiger partial charge in [-0.3, -0.25) is 0 Å². The van der Waals surface area contributed by atoms with Gasteiger partial charge in [-0.05, 0) is 38.3 Å². The molecule has 1 aliphatic rings. The molecule has 0 aromatic heterocycles. The normalized spacial score (nSPS) is 25.7. The molecule has 4 heteroatoms. The minimum Gasteiger partial charge on any atom is -0.488 e. The number of hydrogen-bond acceptors (Lipinski definition) is 3. The first kappa shape index (κ1) is 14.3. The summed E-state index contributed by atoms with van der Waals surface area (Å²) in [5.41, 5.74) is 0.258. The van der Waals surface area contributed by atoms with Crippen molar-refractivity contribution in [2.75, 3.05) is 0 Å². The van der Waals surface area contributed by atoms with Crippen LogP contribution < -0.4 is 4.74 Å². The fourth-order valence-electron chi connectivity index (χ4n) is 2.49. The van der Waals surface area contributed by atoms with Crippen LogP contribution in [0, 0.1) is 5.82 Å². The van der Waals surface area contributed by atoms with E-state index in [1.807, 2.05) is 0 Å². The van der Waals surface area contributed by atoms with E-state index in [4.69, 9.17) is 4.74 Å². The van der Waals surface area contributed by atoms with Gasteiger partial charge in [-0.1, -0.05) is 12.8 Å². The summed E-state index contributed by atoms with van der Waals surface area (Å²) in [5, 5.41) is 19.3. The lowest BCUT2D eigenvalue weighted by atomic mass is 10.1. The van der Waals surface area contributed by atoms with Gasteiger partial charge in [-0.25, -0.2) is 4.39 Å². The second kappa shape index (κ2) is 6.35. The van der Waals surface area contributed by atoms with Crippen LogP contribution in [-0.2, 0) is 0 Å². The van der Waals surface area contributed by atoms with Crippen LogP contribution in [0.25, 0.3) is 0 Å². The maximum atomic E-state index is 13.7. The van der Waals surface area contributed by atoms with Crippen LogP contribution >= 0.6 is 0 Å². The van der Waals surface area contributed by atoms with Gasteiger partial charge >= 0.3 is 0 Å². The molecule has 0 radical (unpaired) electrons. The molecular formula is C15H21FO3. The predicted octanol–water partition coefficient (Wildman–Crippen LogP) is 2.95. The zero-order valence-electron chi connectivity index (χ0n) is 11.2. The van der Waals surface area contributed by atoms with Crippen molar-refractivity contribution in [3.8, 4) is 5.75 Å². The van der Waals surface area contributed by atoms with E-state index in [2.05, 4.69) is 0 Å². The van der Waals surface area contributed by atoms with E-state index in [0.717, 1.165) is 32.1 Å². The molecular weight excluding hydrogens is 247 g/mol. The monoisotopic (exact) mass is 268 g/mol. The molecule has 0 saturated heterocycles. The van der Waals surface area contributed by atoms with Gasteiger partial charge in [-0.2, -0.15) is 0 Å². The summed E-state index contributed by atoms with van der Waals surface area (Å²) in [4.78, 5) is 0. The van der Waals surface area contributed by atoms with Gasteiger partial charge in [0.25, 0.3) is 0 Å². The molecule has 1 aromatic carbocycles. The third-order valence-corrected chi connectivity index (χ3v) is 3.63. The highest BCUT2D eigenvalue weighted by molar-refractivity contribution is 5.30. The Bertz CT molecular complexity index is 420. The quantitative estimate of drug-likeness (QED) is 0.829. The molecule has 0 bridgehead atoms. The first-order valence-electron chi connectivity index (χ1n) is 6.90. The highest BCUT2D eigenvalue weighted by atomic mass is 19.1. The average Bonchev–Trinajstić information content (AvgIpc) is 2.55. The summed E-state index contributed by atoms with van der Waals surface area (Å²) in [6.07, 6.45) is 3.08. The van der Waals surface area contributed by atoms with Crippen LogP contribution in [0.5, 0.6) is 5.75 Å². The third-order valence-electron chi connectivity index (χ3n) is 3.63. The maximum absolute atomic E-state index is 13.7. The summed E-state index contributed by atoms with van der Waals surface area (Å²) in [7, 11) is 0. The molecule has 0 amide bonds. The second-order valence-electron chi connectivity index (χ2n) is 5.22. The molecule has 106 valence electrons. The minimum atomic E-state index is -0.836. The number of ether oxygens (including phenoxy) is 1. The molecule has 3 atom stereocenters. The SMILES string of the molecule is C[C@H](O)c1ccc(OC2CCCCCC2O)cc1F. The van der Waals surface area contributed by atoms with Gasteiger partial charge < -0.3 is 14.9 Å². The van der Waals surface area contributed by atoms with E-state index >= 15 is 0 Å². The van der Waals surface area contributed by atoms with Crippen molar-refractivity contribution >= 4 is 0 Å². The molecule has 19 heavy (non-hydrogen) atoms. The largest absolute Gasteiger partial charge is 0.488 e. The smallest absolute Gasteiger partial charge is 0.132 e. The number of halogens is 1. The molecule has 1 fully saturated rings. The van der Waals surface area contributed by atoms with Crippen molar-refractivity contribution in [1.82, 2.24) is 0 Å². The van der Waals surface area contributed by atoms with E-state index in [1.165, 1.54) is 19.1 Å². The number of rotatable bonds is 3. The van der Waals surface area contributed by atoms with E-state index < -0.39 is 18.0 Å². The Hall–Kier alpha value is -1.13. The van der Waals surface area contributed by atoms with Gasteiger partial charge in [0.05, 0.1) is 12.2 Å². The molecule has 0 spiro atoms. The van der Waals surface area contributed by atoms with E-state index in [1.54, 1.807) is 6.07 Å². The van der Waals surface area contributed by atoms with Crippen molar-refractivity contribution in [2.45, 2.75) is 57.3 Å². The second-order valence-corrected chi connectivity index (χ2v) is 5.22. The van der Waals surface area contributed by atoms with E-state index in [-0.39, 0.29) is 11.7 Å². The van der Waals surface area contributed by atoms with Crippen molar-refractivity contribution in [3.63, 3.8) is 0 Å². The van der Waals surface area contributed by atoms with Crippen molar-refractivity contribution in [2.24, 2.45) is 0 Å². The Labute approximate surface area is 113 Å². The Morgan fingerprint density at radius 3 is 2.68 bits per heavy atom. The van der Waals surface area contributed by atoms with Crippen LogP contribution in [-0.4, -0.2) is 22.4 Å². The highest BCUT2D eigenvalue weighted by Crippen LogP contribution is 2.26. The lowest BCUT2D eigenvalue weighted by Crippen LogP contribution is -2.30. The number of hydrogen-bond donors (Lipinski definition) is 2. The Morgan fingerprint density at radius 1 is 1.26 bits per heavy atom. The molecule has 2 unspecified atom stereocenters. The molecule has 1 aromatic rings. The lowest BCUT2D eigenvalue weighted by Gasteiger charge is -2.22. The van der Waals surface area contributed by atoms with Crippen LogP contribution in [0.3, 0.4) is 0 Å². The lowest BCUT2D eigenvalue weighted by molar-refractivity contribution is 0.0317. The van der Waals surface area contributed by atoms with Gasteiger partial charge in [0.15, 0.2) is 0 Å². The molecule has 1 saturated carbocycles. The summed E-state index contributed by atoms with van der Waals surface area (Å²) in [6, 6.07) is 4.45. The van der Waals surface area contributed by atoms with Crippen LogP contribution in [0.1, 0.15) is 50.7 Å². The van der Waals surface area contributed by atoms with Gasteiger partial charge in [0.2, 0.25) is 0 Å². The van der Waals surface area contributed by atoms with Crippen molar-refractivity contribution < 1.29 is 19.3 Å². The summed E-state index contributed by atoms with van der Waals surface area (Å²) in [6.45, 7) is 1.52. The van der Waals surface area contributed by atoms with E-state index in [0.29, 0.717) is 5.75 Å². The van der Waals surface area contributed by atoms with Crippen molar-refractivity contribution in [1.29, 1.82) is 0 Å². The van der Waals surface area contributed by atoms with Crippen LogP contribution in [0.2, 0.25) is 0 Å². The first-order valence-corrected chi connectivity index (χ1v) is 6.90. The van der Waals surface area contributed by atoms with Gasteiger partial charge in [0, 0.05) is 11.6 Å². The zero-order chi connectivity index (χ0) is 13.8. The highest BCUT2D eigenvalue weighted by Gasteiger charge is 2.23. The fourth-order valence-corrected chi connectivity index (χ4v) is 2.49. The predicted molar refractivity (Wildman–Crippen MR) is 70.5 cm³/mol. The fraction of sp³-hybridized carbons (Fsp3) is 0.600. The third kappa shape index (κ3) is 3.67. The number of aliphatic hydroxyl groups is 2. The average molecular weight is 268 g/mol. The summed E-state index contributed by atoms with van der Waals surface area (Å²) in [5.74, 6) is -0.0662. The minimum absolute atomic E-state index is 0.258. The molecule has 1 aliphatic carbocycles. The number of benzene rings is 1. The molecule has 2 N–H and O–H groups in total. The Balaban J connectivity index is 2.08. The number of aliphatic hydroxyl groups excluding tert-OH is 2. The molecule has 0 aliphatic heterocycles. The molecule has 2 rings (SSSR count). The summed E-state index contributed by atoms with van der Waals surface area (Å²) < 4.78 is 19.4. The molecule has 0 heterocycles. The topological polar surface area (TPSA) is 49.7 Å².